The highest BCUT2D eigenvalue weighted by Crippen LogP contribution is 2.29. The lowest BCUT2D eigenvalue weighted by atomic mass is 10.1. The summed E-state index contributed by atoms with van der Waals surface area (Å²) in [6.45, 7) is 3.39. The van der Waals surface area contributed by atoms with Gasteiger partial charge in [-0.3, -0.25) is 10.1 Å². The van der Waals surface area contributed by atoms with Crippen LogP contribution in [0.4, 0.5) is 20.2 Å². The third-order valence-electron chi connectivity index (χ3n) is 1.99. The van der Waals surface area contributed by atoms with Gasteiger partial charge in [0, 0.05) is 18.2 Å². The van der Waals surface area contributed by atoms with Gasteiger partial charge in [-0.05, 0) is 19.9 Å². The minimum atomic E-state index is -1.27. The topological polar surface area (TPSA) is 81.2 Å². The van der Waals surface area contributed by atoms with Crippen LogP contribution in [0.25, 0.3) is 0 Å². The largest absolute Gasteiger partial charge is 0.375 e. The second kappa shape index (κ2) is 4.62. The molecule has 0 saturated carbocycles. The molecule has 0 aliphatic carbocycles. The van der Waals surface area contributed by atoms with E-state index in [1.165, 1.54) is 0 Å². The fraction of sp³-hybridized carbons (Fsp3) is 0.400. The van der Waals surface area contributed by atoms with Gasteiger partial charge < -0.3 is 11.1 Å². The normalized spacial score (nSPS) is 11.4. The number of nitrogens with zero attached hydrogens (tertiary/aromatic N) is 1. The molecule has 0 spiro atoms. The van der Waals surface area contributed by atoms with Crippen LogP contribution in [-0.4, -0.2) is 17.0 Å². The van der Waals surface area contributed by atoms with Crippen LogP contribution in [-0.2, 0) is 0 Å². The lowest BCUT2D eigenvalue weighted by Crippen LogP contribution is -2.39. The Bertz CT molecular complexity index is 444. The molecule has 94 valence electrons. The van der Waals surface area contributed by atoms with Gasteiger partial charge in [-0.25, -0.2) is 8.78 Å². The number of halogens is 2. The Morgan fingerprint density at radius 2 is 2.06 bits per heavy atom. The standard InChI is InChI=1S/C10H13F2N3O2/c1-10(2,13)5-14-9-7(15(16)17)4-3-6(11)8(9)12/h3-4,14H,5,13H2,1-2H3. The summed E-state index contributed by atoms with van der Waals surface area (Å²) < 4.78 is 26.4. The van der Waals surface area contributed by atoms with Gasteiger partial charge in [0.05, 0.1) is 4.92 Å². The van der Waals surface area contributed by atoms with Crippen LogP contribution in [0.2, 0.25) is 0 Å². The zero-order valence-corrected chi connectivity index (χ0v) is 9.46. The lowest BCUT2D eigenvalue weighted by Gasteiger charge is -2.19. The smallest absolute Gasteiger partial charge is 0.295 e. The van der Waals surface area contributed by atoms with E-state index in [0.717, 1.165) is 6.07 Å². The first-order valence-corrected chi connectivity index (χ1v) is 4.87. The zero-order valence-electron chi connectivity index (χ0n) is 9.46. The van der Waals surface area contributed by atoms with Crippen LogP contribution in [0.5, 0.6) is 0 Å². The van der Waals surface area contributed by atoms with Gasteiger partial charge in [-0.2, -0.15) is 0 Å². The summed E-state index contributed by atoms with van der Waals surface area (Å²) in [6, 6.07) is 1.62. The Kier molecular flexibility index (Phi) is 3.62. The molecule has 0 bridgehead atoms. The van der Waals surface area contributed by atoms with E-state index in [0.29, 0.717) is 6.07 Å². The quantitative estimate of drug-likeness (QED) is 0.628. The number of benzene rings is 1. The highest BCUT2D eigenvalue weighted by Gasteiger charge is 2.22. The maximum absolute atomic E-state index is 13.4. The summed E-state index contributed by atoms with van der Waals surface area (Å²) >= 11 is 0. The van der Waals surface area contributed by atoms with Gasteiger partial charge in [0.15, 0.2) is 17.3 Å². The van der Waals surface area contributed by atoms with Crippen LogP contribution in [0.1, 0.15) is 13.8 Å². The second-order valence-electron chi connectivity index (χ2n) is 4.35. The number of hydrogen-bond acceptors (Lipinski definition) is 4. The van der Waals surface area contributed by atoms with Crippen LogP contribution in [0.15, 0.2) is 12.1 Å². The molecule has 5 nitrogen and oxygen atoms in total. The molecule has 0 saturated heterocycles. The molecule has 0 aliphatic heterocycles. The summed E-state index contributed by atoms with van der Waals surface area (Å²) in [6.07, 6.45) is 0. The highest BCUT2D eigenvalue weighted by molar-refractivity contribution is 5.62. The molecule has 1 rings (SSSR count). The van der Waals surface area contributed by atoms with E-state index in [1.807, 2.05) is 0 Å². The lowest BCUT2D eigenvalue weighted by molar-refractivity contribution is -0.384. The molecule has 1 aromatic carbocycles. The van der Waals surface area contributed by atoms with Crippen molar-refractivity contribution in [1.82, 2.24) is 0 Å². The van der Waals surface area contributed by atoms with Crippen molar-refractivity contribution in [1.29, 1.82) is 0 Å². The first-order valence-electron chi connectivity index (χ1n) is 4.87. The van der Waals surface area contributed by atoms with Gasteiger partial charge in [-0.15, -0.1) is 0 Å². The van der Waals surface area contributed by atoms with E-state index in [4.69, 9.17) is 5.73 Å². The maximum Gasteiger partial charge on any atom is 0.295 e. The molecule has 17 heavy (non-hydrogen) atoms. The van der Waals surface area contributed by atoms with E-state index in [9.17, 15) is 18.9 Å². The molecule has 0 amide bonds. The summed E-state index contributed by atoms with van der Waals surface area (Å²) in [5.41, 5.74) is 3.95. The average Bonchev–Trinajstić information content (AvgIpc) is 2.18. The zero-order chi connectivity index (χ0) is 13.2. The van der Waals surface area contributed by atoms with Crippen molar-refractivity contribution in [3.63, 3.8) is 0 Å². The molecule has 0 heterocycles. The van der Waals surface area contributed by atoms with Crippen LogP contribution in [0.3, 0.4) is 0 Å². The van der Waals surface area contributed by atoms with Gasteiger partial charge in [0.25, 0.3) is 5.69 Å². The van der Waals surface area contributed by atoms with E-state index in [-0.39, 0.29) is 6.54 Å². The first-order chi connectivity index (χ1) is 7.72. The summed E-state index contributed by atoms with van der Waals surface area (Å²) in [7, 11) is 0. The summed E-state index contributed by atoms with van der Waals surface area (Å²) in [5.74, 6) is -2.42. The number of nitro groups is 1. The van der Waals surface area contributed by atoms with Crippen molar-refractivity contribution in [3.05, 3.63) is 33.9 Å². The monoisotopic (exact) mass is 245 g/mol. The highest BCUT2D eigenvalue weighted by atomic mass is 19.2. The molecule has 0 aromatic heterocycles. The third-order valence-corrected chi connectivity index (χ3v) is 1.99. The molecule has 7 heteroatoms. The van der Waals surface area contributed by atoms with E-state index >= 15 is 0 Å². The molecular weight excluding hydrogens is 232 g/mol. The second-order valence-corrected chi connectivity index (χ2v) is 4.35. The molecule has 0 aliphatic rings. The molecule has 3 N–H and O–H groups in total. The number of hydrogen-bond donors (Lipinski definition) is 2. The minimum Gasteiger partial charge on any atom is -0.375 e. The Morgan fingerprint density at radius 3 is 2.53 bits per heavy atom. The molecule has 0 fully saturated rings. The SMILES string of the molecule is CC(C)(N)CNc1c([N+](=O)[O-])ccc(F)c1F. The van der Waals surface area contributed by atoms with Gasteiger partial charge in [0.2, 0.25) is 0 Å². The maximum atomic E-state index is 13.4. The van der Waals surface area contributed by atoms with Crippen LogP contribution < -0.4 is 11.1 Å². The Morgan fingerprint density at radius 1 is 1.47 bits per heavy atom. The fourth-order valence-electron chi connectivity index (χ4n) is 1.18. The molecule has 0 atom stereocenters. The molecular formula is C10H13F2N3O2. The van der Waals surface area contributed by atoms with Crippen molar-refractivity contribution in [2.24, 2.45) is 5.73 Å². The summed E-state index contributed by atoms with van der Waals surface area (Å²) in [5, 5.41) is 13.1. The average molecular weight is 245 g/mol. The Balaban J connectivity index is 3.11. The van der Waals surface area contributed by atoms with Crippen molar-refractivity contribution in [3.8, 4) is 0 Å². The van der Waals surface area contributed by atoms with Crippen molar-refractivity contribution >= 4 is 11.4 Å². The number of rotatable bonds is 4. The predicted octanol–water partition coefficient (Wildman–Crippen LogP) is 2.02. The molecule has 1 aromatic rings. The third kappa shape index (κ3) is 3.35. The summed E-state index contributed by atoms with van der Waals surface area (Å²) in [4.78, 5) is 9.87. The fourth-order valence-corrected chi connectivity index (χ4v) is 1.18. The van der Waals surface area contributed by atoms with Gasteiger partial charge >= 0.3 is 0 Å². The van der Waals surface area contributed by atoms with E-state index in [2.05, 4.69) is 5.32 Å². The minimum absolute atomic E-state index is 0.0776. The number of nitrogens with one attached hydrogen (secondary N) is 1. The van der Waals surface area contributed by atoms with E-state index in [1.54, 1.807) is 13.8 Å². The number of anilines is 1. The van der Waals surface area contributed by atoms with E-state index < -0.39 is 33.5 Å². The number of nitro benzene ring substituents is 1. The Labute approximate surface area is 96.8 Å². The van der Waals surface area contributed by atoms with Crippen LogP contribution >= 0.6 is 0 Å². The van der Waals surface area contributed by atoms with Crippen molar-refractivity contribution in [2.75, 3.05) is 11.9 Å². The number of nitrogens with two attached hydrogens (primary N) is 1. The Hall–Kier alpha value is -1.76. The molecule has 0 radical (unpaired) electrons. The van der Waals surface area contributed by atoms with Crippen LogP contribution in [0, 0.1) is 21.7 Å². The predicted molar refractivity (Wildman–Crippen MR) is 59.8 cm³/mol. The van der Waals surface area contributed by atoms with Gasteiger partial charge in [-0.1, -0.05) is 0 Å². The van der Waals surface area contributed by atoms with Crippen molar-refractivity contribution in [2.45, 2.75) is 19.4 Å². The first kappa shape index (κ1) is 13.3. The van der Waals surface area contributed by atoms with Gasteiger partial charge in [0.1, 0.15) is 0 Å². The van der Waals surface area contributed by atoms with Crippen molar-refractivity contribution < 1.29 is 13.7 Å². The molecule has 0 unspecified atom stereocenters.